The van der Waals surface area contributed by atoms with Crippen molar-refractivity contribution in [1.29, 1.82) is 0 Å². The Balaban J connectivity index is 2.41. The van der Waals surface area contributed by atoms with Crippen molar-refractivity contribution in [2.24, 2.45) is 0 Å². The molecule has 0 aliphatic heterocycles. The SMILES string of the molecule is Cc1nc(SCCC(=O)[O-])oc1C. The molecule has 0 saturated carbocycles. The largest absolute Gasteiger partial charge is 0.550 e. The molecule has 5 heteroatoms. The van der Waals surface area contributed by atoms with Crippen molar-refractivity contribution >= 4 is 17.7 Å². The van der Waals surface area contributed by atoms with Crippen LogP contribution in [0.5, 0.6) is 0 Å². The Hall–Kier alpha value is -0.970. The first-order valence-electron chi connectivity index (χ1n) is 3.86. The molecule has 0 spiro atoms. The van der Waals surface area contributed by atoms with Crippen LogP contribution in [0.4, 0.5) is 0 Å². The number of hydrogen-bond donors (Lipinski definition) is 0. The lowest BCUT2D eigenvalue weighted by molar-refractivity contribution is -0.305. The summed E-state index contributed by atoms with van der Waals surface area (Å²) in [6.45, 7) is 3.67. The zero-order valence-corrected chi connectivity index (χ0v) is 8.31. The molecule has 0 radical (unpaired) electrons. The maximum atomic E-state index is 10.1. The van der Waals surface area contributed by atoms with E-state index in [0.717, 1.165) is 11.5 Å². The fourth-order valence-corrected chi connectivity index (χ4v) is 1.56. The summed E-state index contributed by atoms with van der Waals surface area (Å²) in [5.41, 5.74) is 0.843. The summed E-state index contributed by atoms with van der Waals surface area (Å²) in [4.78, 5) is 14.2. The van der Waals surface area contributed by atoms with Gasteiger partial charge in [0.05, 0.1) is 5.69 Å². The van der Waals surface area contributed by atoms with Gasteiger partial charge in [-0.05, 0) is 20.3 Å². The smallest absolute Gasteiger partial charge is 0.256 e. The highest BCUT2D eigenvalue weighted by atomic mass is 32.2. The Labute approximate surface area is 80.3 Å². The number of aryl methyl sites for hydroxylation is 2. The van der Waals surface area contributed by atoms with E-state index < -0.39 is 5.97 Å². The summed E-state index contributed by atoms with van der Waals surface area (Å²) >= 11 is 1.29. The van der Waals surface area contributed by atoms with Gasteiger partial charge >= 0.3 is 0 Å². The van der Waals surface area contributed by atoms with Gasteiger partial charge in [-0.15, -0.1) is 0 Å². The van der Waals surface area contributed by atoms with Crippen molar-refractivity contribution in [2.75, 3.05) is 5.75 Å². The first-order chi connectivity index (χ1) is 6.09. The van der Waals surface area contributed by atoms with Gasteiger partial charge in [0.2, 0.25) is 0 Å². The summed E-state index contributed by atoms with van der Waals surface area (Å²) < 4.78 is 5.23. The minimum absolute atomic E-state index is 0.0190. The van der Waals surface area contributed by atoms with Crippen LogP contribution in [-0.2, 0) is 4.79 Å². The maximum absolute atomic E-state index is 10.1. The number of rotatable bonds is 4. The molecule has 4 nitrogen and oxygen atoms in total. The van der Waals surface area contributed by atoms with Crippen molar-refractivity contribution in [2.45, 2.75) is 25.5 Å². The number of carbonyl (C=O) groups is 1. The molecule has 0 aliphatic carbocycles. The molecule has 1 rings (SSSR count). The van der Waals surface area contributed by atoms with Crippen molar-refractivity contribution in [1.82, 2.24) is 4.98 Å². The molecule has 0 amide bonds. The molecule has 1 aromatic heterocycles. The third-order valence-electron chi connectivity index (χ3n) is 1.54. The fourth-order valence-electron chi connectivity index (χ4n) is 0.727. The molecule has 0 fully saturated rings. The number of carbonyl (C=O) groups excluding carboxylic acids is 1. The van der Waals surface area contributed by atoms with Gasteiger partial charge in [-0.2, -0.15) is 0 Å². The molecule has 0 aliphatic rings. The van der Waals surface area contributed by atoms with Crippen LogP contribution in [0.1, 0.15) is 17.9 Å². The van der Waals surface area contributed by atoms with Crippen molar-refractivity contribution < 1.29 is 14.3 Å². The predicted molar refractivity (Wildman–Crippen MR) is 46.3 cm³/mol. The highest BCUT2D eigenvalue weighted by Gasteiger charge is 2.05. The summed E-state index contributed by atoms with van der Waals surface area (Å²) in [5, 5.41) is 10.6. The molecule has 0 unspecified atom stereocenters. The van der Waals surface area contributed by atoms with E-state index in [-0.39, 0.29) is 6.42 Å². The van der Waals surface area contributed by atoms with Gasteiger partial charge in [0, 0.05) is 11.7 Å². The van der Waals surface area contributed by atoms with Gasteiger partial charge < -0.3 is 14.3 Å². The Kier molecular flexibility index (Phi) is 3.36. The first kappa shape index (κ1) is 10.1. The molecule has 1 aromatic rings. The molecule has 72 valence electrons. The normalized spacial score (nSPS) is 10.3. The minimum atomic E-state index is -1.05. The standard InChI is InChI=1S/C8H11NO3S/c1-5-6(2)12-8(9-5)13-4-3-7(10)11/h3-4H2,1-2H3,(H,10,11)/p-1. The van der Waals surface area contributed by atoms with Crippen molar-refractivity contribution in [3.05, 3.63) is 11.5 Å². The third kappa shape index (κ3) is 3.10. The number of thioether (sulfide) groups is 1. The number of aliphatic carboxylic acids is 1. The van der Waals surface area contributed by atoms with Crippen LogP contribution >= 0.6 is 11.8 Å². The summed E-state index contributed by atoms with van der Waals surface area (Å²) in [6.07, 6.45) is 0.0190. The second kappa shape index (κ2) is 4.32. The number of carboxylic acid groups (broad SMARTS) is 1. The summed E-state index contributed by atoms with van der Waals surface area (Å²) in [5.74, 6) is 0.158. The van der Waals surface area contributed by atoms with E-state index in [1.54, 1.807) is 0 Å². The van der Waals surface area contributed by atoms with Crippen LogP contribution < -0.4 is 5.11 Å². The second-order valence-electron chi connectivity index (χ2n) is 2.59. The molecule has 0 aromatic carbocycles. The number of carboxylic acids is 1. The molecule has 0 bridgehead atoms. The molecule has 0 N–H and O–H groups in total. The highest BCUT2D eigenvalue weighted by Crippen LogP contribution is 2.20. The first-order valence-corrected chi connectivity index (χ1v) is 4.85. The van der Waals surface area contributed by atoms with Crippen LogP contribution in [0.25, 0.3) is 0 Å². The zero-order valence-electron chi connectivity index (χ0n) is 7.49. The average molecular weight is 200 g/mol. The van der Waals surface area contributed by atoms with Crippen molar-refractivity contribution in [3.8, 4) is 0 Å². The summed E-state index contributed by atoms with van der Waals surface area (Å²) in [6, 6.07) is 0. The lowest BCUT2D eigenvalue weighted by atomic mass is 10.4. The summed E-state index contributed by atoms with van der Waals surface area (Å²) in [7, 11) is 0. The molecule has 0 saturated heterocycles. The molecular weight excluding hydrogens is 190 g/mol. The van der Waals surface area contributed by atoms with E-state index in [9.17, 15) is 9.90 Å². The lowest BCUT2D eigenvalue weighted by Gasteiger charge is -1.97. The van der Waals surface area contributed by atoms with Crippen LogP contribution in [0.3, 0.4) is 0 Å². The molecular formula is C8H10NO3S-. The van der Waals surface area contributed by atoms with Gasteiger partial charge in [-0.3, -0.25) is 0 Å². The molecule has 1 heterocycles. The predicted octanol–water partition coefficient (Wildman–Crippen LogP) is 0.524. The quantitative estimate of drug-likeness (QED) is 0.663. The Morgan fingerprint density at radius 3 is 2.77 bits per heavy atom. The second-order valence-corrected chi connectivity index (χ2v) is 3.64. The minimum Gasteiger partial charge on any atom is -0.550 e. The molecule has 0 atom stereocenters. The Morgan fingerprint density at radius 1 is 1.62 bits per heavy atom. The molecule has 13 heavy (non-hydrogen) atoms. The van der Waals surface area contributed by atoms with Crippen molar-refractivity contribution in [3.63, 3.8) is 0 Å². The number of hydrogen-bond acceptors (Lipinski definition) is 5. The Morgan fingerprint density at radius 2 is 2.31 bits per heavy atom. The van der Waals surface area contributed by atoms with E-state index in [2.05, 4.69) is 4.98 Å². The van der Waals surface area contributed by atoms with Gasteiger partial charge in [0.25, 0.3) is 5.22 Å². The fraction of sp³-hybridized carbons (Fsp3) is 0.500. The highest BCUT2D eigenvalue weighted by molar-refractivity contribution is 7.99. The van der Waals surface area contributed by atoms with E-state index in [1.165, 1.54) is 11.8 Å². The topological polar surface area (TPSA) is 66.2 Å². The van der Waals surface area contributed by atoms with E-state index in [0.29, 0.717) is 11.0 Å². The third-order valence-corrected chi connectivity index (χ3v) is 2.37. The van der Waals surface area contributed by atoms with E-state index in [4.69, 9.17) is 4.42 Å². The van der Waals surface area contributed by atoms with Gasteiger partial charge in [-0.25, -0.2) is 4.98 Å². The van der Waals surface area contributed by atoms with Gasteiger partial charge in [0.1, 0.15) is 5.76 Å². The van der Waals surface area contributed by atoms with Gasteiger partial charge in [-0.1, -0.05) is 11.8 Å². The van der Waals surface area contributed by atoms with Gasteiger partial charge in [0.15, 0.2) is 0 Å². The van der Waals surface area contributed by atoms with Crippen LogP contribution in [0.15, 0.2) is 9.64 Å². The van der Waals surface area contributed by atoms with E-state index in [1.807, 2.05) is 13.8 Å². The van der Waals surface area contributed by atoms with E-state index >= 15 is 0 Å². The number of oxazole rings is 1. The average Bonchev–Trinajstić information content (AvgIpc) is 2.30. The van der Waals surface area contributed by atoms with Crippen LogP contribution in [0.2, 0.25) is 0 Å². The number of nitrogens with zero attached hydrogens (tertiary/aromatic N) is 1. The zero-order chi connectivity index (χ0) is 9.84. The maximum Gasteiger partial charge on any atom is 0.256 e. The van der Waals surface area contributed by atoms with Crippen LogP contribution in [0, 0.1) is 13.8 Å². The number of aromatic nitrogens is 1. The Bertz CT molecular complexity index is 289. The lowest BCUT2D eigenvalue weighted by Crippen LogP contribution is -2.22. The van der Waals surface area contributed by atoms with Crippen LogP contribution in [-0.4, -0.2) is 16.7 Å². The monoisotopic (exact) mass is 200 g/mol.